The summed E-state index contributed by atoms with van der Waals surface area (Å²) in [5.74, 6) is -4.01. The predicted molar refractivity (Wildman–Crippen MR) is 39.9 cm³/mol. The molecule has 0 rings (SSSR count). The van der Waals surface area contributed by atoms with E-state index in [1.807, 2.05) is 0 Å². The Bertz CT molecular complexity index is 358. The molecule has 0 amide bonds. The highest BCUT2D eigenvalue weighted by Gasteiger charge is 2.34. The molecular weight excluding hydrogens is 266 g/mol. The summed E-state index contributed by atoms with van der Waals surface area (Å²) >= 11 is 0. The summed E-state index contributed by atoms with van der Waals surface area (Å²) in [5, 5.41) is 0. The van der Waals surface area contributed by atoms with Crippen LogP contribution >= 0.6 is 0 Å². The third kappa shape index (κ3) is 9.89. The molecule has 0 unspecified atom stereocenters. The van der Waals surface area contributed by atoms with Crippen molar-refractivity contribution in [1.82, 2.24) is 0 Å². The van der Waals surface area contributed by atoms with Crippen LogP contribution in [0.15, 0.2) is 0 Å². The summed E-state index contributed by atoms with van der Waals surface area (Å²) < 4.78 is 86.8. The largest absolute Gasteiger partial charge is 0.397 e. The monoisotopic (exact) mass is 272 g/mol. The van der Waals surface area contributed by atoms with E-state index in [0.717, 1.165) is 0 Å². The van der Waals surface area contributed by atoms with Crippen LogP contribution in [0.1, 0.15) is 0 Å². The summed E-state index contributed by atoms with van der Waals surface area (Å²) in [6, 6.07) is 0. The molecule has 8 nitrogen and oxygen atoms in total. The van der Waals surface area contributed by atoms with E-state index in [1.165, 1.54) is 0 Å². The van der Waals surface area contributed by atoms with Crippen molar-refractivity contribution < 1.29 is 43.1 Å². The summed E-state index contributed by atoms with van der Waals surface area (Å²) in [6.45, 7) is -3.64. The van der Waals surface area contributed by atoms with Gasteiger partial charge in [-0.05, 0) is 0 Å². The molecular formula is C3H6F2O8S2. The fourth-order valence-electron chi connectivity index (χ4n) is 0.363. The van der Waals surface area contributed by atoms with E-state index in [0.29, 0.717) is 0 Å². The van der Waals surface area contributed by atoms with Crippen molar-refractivity contribution in [3.05, 3.63) is 0 Å². The Morgan fingerprint density at radius 1 is 0.933 bits per heavy atom. The van der Waals surface area contributed by atoms with Crippen LogP contribution in [-0.4, -0.2) is 45.1 Å². The first-order valence-corrected chi connectivity index (χ1v) is 5.76. The molecule has 0 aromatic rings. The molecule has 0 bridgehead atoms. The summed E-state index contributed by atoms with van der Waals surface area (Å²) in [4.78, 5) is 0. The Morgan fingerprint density at radius 2 is 1.20 bits per heavy atom. The first-order chi connectivity index (χ1) is 6.41. The molecule has 92 valence electrons. The van der Waals surface area contributed by atoms with Gasteiger partial charge < -0.3 is 0 Å². The first-order valence-electron chi connectivity index (χ1n) is 3.03. The van der Waals surface area contributed by atoms with Crippen molar-refractivity contribution in [2.75, 3.05) is 13.2 Å². The minimum Gasteiger partial charge on any atom is -0.264 e. The topological polar surface area (TPSA) is 127 Å². The molecule has 0 aliphatic heterocycles. The second-order valence-corrected chi connectivity index (χ2v) is 4.42. The fraction of sp³-hybridized carbons (Fsp3) is 1.00. The van der Waals surface area contributed by atoms with Crippen molar-refractivity contribution >= 4 is 20.8 Å². The molecule has 2 N–H and O–H groups in total. The highest BCUT2D eigenvalue weighted by molar-refractivity contribution is 7.81. The lowest BCUT2D eigenvalue weighted by molar-refractivity contribution is -0.0741. The Kier molecular flexibility index (Phi) is 4.50. The Morgan fingerprint density at radius 3 is 1.40 bits per heavy atom. The zero-order valence-corrected chi connectivity index (χ0v) is 8.46. The Labute approximate surface area is 83.7 Å². The van der Waals surface area contributed by atoms with Gasteiger partial charge in [0.05, 0.1) is 0 Å². The zero-order chi connectivity index (χ0) is 12.3. The van der Waals surface area contributed by atoms with Gasteiger partial charge in [-0.2, -0.15) is 16.8 Å². The van der Waals surface area contributed by atoms with Crippen LogP contribution in [0.5, 0.6) is 0 Å². The number of alkyl halides is 2. The van der Waals surface area contributed by atoms with Crippen molar-refractivity contribution in [1.29, 1.82) is 0 Å². The first kappa shape index (κ1) is 14.6. The summed E-state index contributed by atoms with van der Waals surface area (Å²) in [7, 11) is -10.1. The van der Waals surface area contributed by atoms with Gasteiger partial charge in [-0.25, -0.2) is 17.1 Å². The van der Waals surface area contributed by atoms with Gasteiger partial charge >= 0.3 is 20.8 Å². The molecule has 0 aromatic carbocycles. The van der Waals surface area contributed by atoms with Crippen molar-refractivity contribution in [2.45, 2.75) is 5.92 Å². The molecule has 0 fully saturated rings. The van der Waals surface area contributed by atoms with E-state index < -0.39 is 39.9 Å². The second-order valence-electron chi connectivity index (χ2n) is 2.24. The van der Waals surface area contributed by atoms with Gasteiger partial charge in [0, 0.05) is 0 Å². The zero-order valence-electron chi connectivity index (χ0n) is 6.83. The average molecular weight is 272 g/mol. The minimum atomic E-state index is -5.06. The number of hydrogen-bond donors (Lipinski definition) is 2. The normalized spacial score (nSPS) is 14.1. The van der Waals surface area contributed by atoms with Crippen molar-refractivity contribution in [3.63, 3.8) is 0 Å². The maximum atomic E-state index is 12.5. The molecule has 12 heteroatoms. The quantitative estimate of drug-likeness (QED) is 0.605. The molecule has 0 atom stereocenters. The van der Waals surface area contributed by atoms with E-state index in [9.17, 15) is 25.6 Å². The van der Waals surface area contributed by atoms with Crippen LogP contribution < -0.4 is 0 Å². The SMILES string of the molecule is O=S(=O)(O)OCC(F)(F)COS(=O)(=O)O. The van der Waals surface area contributed by atoms with Gasteiger partial charge in [-0.1, -0.05) is 0 Å². The van der Waals surface area contributed by atoms with Gasteiger partial charge in [-0.3, -0.25) is 9.11 Å². The summed E-state index contributed by atoms with van der Waals surface area (Å²) in [6.07, 6.45) is 0. The highest BCUT2D eigenvalue weighted by Crippen LogP contribution is 2.16. The van der Waals surface area contributed by atoms with Gasteiger partial charge in [-0.15, -0.1) is 0 Å². The third-order valence-corrected chi connectivity index (χ3v) is 1.67. The van der Waals surface area contributed by atoms with Gasteiger partial charge in [0.25, 0.3) is 5.92 Å². The molecule has 0 aliphatic carbocycles. The fourth-order valence-corrected chi connectivity index (χ4v) is 1.01. The van der Waals surface area contributed by atoms with Gasteiger partial charge in [0.1, 0.15) is 13.2 Å². The van der Waals surface area contributed by atoms with Gasteiger partial charge in [0.2, 0.25) is 0 Å². The molecule has 0 radical (unpaired) electrons. The van der Waals surface area contributed by atoms with E-state index in [2.05, 4.69) is 8.37 Å². The van der Waals surface area contributed by atoms with Crippen LogP contribution in [0.4, 0.5) is 8.78 Å². The third-order valence-electron chi connectivity index (χ3n) is 0.838. The van der Waals surface area contributed by atoms with Crippen LogP contribution in [-0.2, 0) is 29.2 Å². The molecule has 0 aliphatic rings. The number of halogens is 2. The van der Waals surface area contributed by atoms with E-state index in [1.54, 1.807) is 0 Å². The minimum absolute atomic E-state index is 1.82. The average Bonchev–Trinajstić information content (AvgIpc) is 1.96. The van der Waals surface area contributed by atoms with Crippen LogP contribution in [0.2, 0.25) is 0 Å². The second kappa shape index (κ2) is 4.63. The highest BCUT2D eigenvalue weighted by atomic mass is 32.3. The molecule has 0 heterocycles. The smallest absolute Gasteiger partial charge is 0.264 e. The predicted octanol–water partition coefficient (Wildman–Crippen LogP) is -0.739. The van der Waals surface area contributed by atoms with Gasteiger partial charge in [0.15, 0.2) is 0 Å². The maximum Gasteiger partial charge on any atom is 0.397 e. The molecule has 0 saturated carbocycles. The van der Waals surface area contributed by atoms with Crippen molar-refractivity contribution in [2.24, 2.45) is 0 Å². The maximum absolute atomic E-state index is 12.5. The van der Waals surface area contributed by atoms with Crippen molar-refractivity contribution in [3.8, 4) is 0 Å². The number of rotatable bonds is 6. The summed E-state index contributed by atoms with van der Waals surface area (Å²) in [5.41, 5.74) is 0. The Hall–Kier alpha value is -0.400. The number of hydrogen-bond acceptors (Lipinski definition) is 6. The van der Waals surface area contributed by atoms with E-state index in [4.69, 9.17) is 9.11 Å². The Balaban J connectivity index is 4.21. The van der Waals surface area contributed by atoms with Crippen LogP contribution in [0.3, 0.4) is 0 Å². The lowest BCUT2D eigenvalue weighted by Gasteiger charge is -2.13. The lowest BCUT2D eigenvalue weighted by Crippen LogP contribution is -2.32. The van der Waals surface area contributed by atoms with Crippen LogP contribution in [0, 0.1) is 0 Å². The lowest BCUT2D eigenvalue weighted by atomic mass is 10.4. The van der Waals surface area contributed by atoms with Crippen LogP contribution in [0.25, 0.3) is 0 Å². The van der Waals surface area contributed by atoms with E-state index >= 15 is 0 Å². The molecule has 0 aromatic heterocycles. The molecule has 0 saturated heterocycles. The molecule has 15 heavy (non-hydrogen) atoms. The standard InChI is InChI=1S/C3H6F2O8S2/c4-3(5,1-12-14(6,7)8)2-13-15(9,10)11/h1-2H2,(H,6,7,8)(H,9,10,11). The van der Waals surface area contributed by atoms with E-state index in [-0.39, 0.29) is 0 Å². The molecule has 0 spiro atoms.